The standard InChI is InChI=1S/C10H18N4O2S/c1-6-7(4-2-3-5-8(15)16)17-10(9(6)11)13-14-12/h6-7,9-10H,2-5,11H2,1H3,(H,15,16). The molecule has 3 N–H and O–H groups in total. The average Bonchev–Trinajstić information content (AvgIpc) is 2.53. The van der Waals surface area contributed by atoms with Crippen molar-refractivity contribution >= 4 is 17.7 Å². The van der Waals surface area contributed by atoms with E-state index in [1.807, 2.05) is 0 Å². The molecule has 6 nitrogen and oxygen atoms in total. The lowest BCUT2D eigenvalue weighted by Gasteiger charge is -2.16. The molecular formula is C10H18N4O2S. The highest BCUT2D eigenvalue weighted by molar-refractivity contribution is 8.00. The van der Waals surface area contributed by atoms with Gasteiger partial charge in [-0.2, -0.15) is 0 Å². The van der Waals surface area contributed by atoms with Crippen LogP contribution in [0.25, 0.3) is 10.4 Å². The highest BCUT2D eigenvalue weighted by Gasteiger charge is 2.38. The van der Waals surface area contributed by atoms with E-state index in [1.54, 1.807) is 11.8 Å². The third-order valence-electron chi connectivity index (χ3n) is 3.13. The number of azide groups is 1. The zero-order chi connectivity index (χ0) is 12.8. The van der Waals surface area contributed by atoms with Gasteiger partial charge in [0.2, 0.25) is 0 Å². The Morgan fingerprint density at radius 1 is 1.59 bits per heavy atom. The van der Waals surface area contributed by atoms with Crippen LogP contribution in [0.15, 0.2) is 5.11 Å². The van der Waals surface area contributed by atoms with Gasteiger partial charge in [0.1, 0.15) is 0 Å². The van der Waals surface area contributed by atoms with E-state index in [0.29, 0.717) is 17.6 Å². The van der Waals surface area contributed by atoms with Gasteiger partial charge < -0.3 is 10.8 Å². The summed E-state index contributed by atoms with van der Waals surface area (Å²) in [4.78, 5) is 13.2. The summed E-state index contributed by atoms with van der Waals surface area (Å²) in [7, 11) is 0. The Bertz CT molecular complexity index is 319. The summed E-state index contributed by atoms with van der Waals surface area (Å²) >= 11 is 1.62. The van der Waals surface area contributed by atoms with Gasteiger partial charge in [-0.05, 0) is 24.3 Å². The van der Waals surface area contributed by atoms with Gasteiger partial charge in [0.15, 0.2) is 0 Å². The predicted octanol–water partition coefficient (Wildman–Crippen LogP) is 2.35. The third kappa shape index (κ3) is 4.11. The molecule has 17 heavy (non-hydrogen) atoms. The van der Waals surface area contributed by atoms with Gasteiger partial charge in [-0.15, -0.1) is 11.8 Å². The summed E-state index contributed by atoms with van der Waals surface area (Å²) in [5, 5.41) is 12.4. The van der Waals surface area contributed by atoms with Gasteiger partial charge in [-0.25, -0.2) is 0 Å². The quantitative estimate of drug-likeness (QED) is 0.329. The van der Waals surface area contributed by atoms with E-state index in [-0.39, 0.29) is 17.8 Å². The molecule has 7 heteroatoms. The number of unbranched alkanes of at least 4 members (excludes halogenated alkanes) is 1. The average molecular weight is 258 g/mol. The third-order valence-corrected chi connectivity index (χ3v) is 4.83. The molecule has 1 heterocycles. The Morgan fingerprint density at radius 2 is 2.29 bits per heavy atom. The highest BCUT2D eigenvalue weighted by atomic mass is 32.2. The molecule has 4 atom stereocenters. The van der Waals surface area contributed by atoms with Crippen molar-refractivity contribution in [1.29, 1.82) is 0 Å². The smallest absolute Gasteiger partial charge is 0.303 e. The Balaban J connectivity index is 2.34. The minimum absolute atomic E-state index is 0.0969. The number of carboxylic acid groups (broad SMARTS) is 1. The fourth-order valence-corrected chi connectivity index (χ4v) is 3.63. The summed E-state index contributed by atoms with van der Waals surface area (Å²) in [6, 6.07) is -0.0969. The molecule has 0 radical (unpaired) electrons. The van der Waals surface area contributed by atoms with E-state index >= 15 is 0 Å². The number of nitrogens with zero attached hydrogens (tertiary/aromatic N) is 3. The van der Waals surface area contributed by atoms with Crippen molar-refractivity contribution in [3.63, 3.8) is 0 Å². The second-order valence-corrected chi connectivity index (χ2v) is 5.71. The van der Waals surface area contributed by atoms with E-state index in [4.69, 9.17) is 16.4 Å². The SMILES string of the molecule is CC1C(CCCCC(=O)O)SC(N=[N+]=[N-])C1N. The van der Waals surface area contributed by atoms with Gasteiger partial charge in [-0.1, -0.05) is 18.5 Å². The maximum atomic E-state index is 10.4. The Labute approximate surface area is 105 Å². The lowest BCUT2D eigenvalue weighted by atomic mass is 9.95. The van der Waals surface area contributed by atoms with Crippen LogP contribution in [0.5, 0.6) is 0 Å². The fraction of sp³-hybridized carbons (Fsp3) is 0.900. The first-order chi connectivity index (χ1) is 8.06. The topological polar surface area (TPSA) is 112 Å². The molecule has 1 fully saturated rings. The number of rotatable bonds is 6. The molecule has 0 aromatic carbocycles. The number of hydrogen-bond donors (Lipinski definition) is 2. The van der Waals surface area contributed by atoms with Crippen molar-refractivity contribution in [2.45, 2.75) is 49.3 Å². The zero-order valence-electron chi connectivity index (χ0n) is 9.82. The first-order valence-electron chi connectivity index (χ1n) is 5.73. The van der Waals surface area contributed by atoms with Crippen molar-refractivity contribution in [2.24, 2.45) is 16.8 Å². The normalized spacial score (nSPS) is 32.1. The second-order valence-electron chi connectivity index (χ2n) is 4.35. The molecule has 96 valence electrons. The first kappa shape index (κ1) is 14.2. The van der Waals surface area contributed by atoms with Crippen molar-refractivity contribution < 1.29 is 9.90 Å². The molecule has 0 bridgehead atoms. The van der Waals surface area contributed by atoms with Gasteiger partial charge in [0, 0.05) is 22.6 Å². The molecule has 1 aliphatic heterocycles. The molecule has 0 aromatic rings. The van der Waals surface area contributed by atoms with Crippen molar-refractivity contribution in [1.82, 2.24) is 0 Å². The van der Waals surface area contributed by atoms with E-state index in [9.17, 15) is 4.79 Å². The molecule has 0 amide bonds. The van der Waals surface area contributed by atoms with Gasteiger partial charge in [0.05, 0.1) is 5.37 Å². The van der Waals surface area contributed by atoms with Gasteiger partial charge >= 0.3 is 5.97 Å². The van der Waals surface area contributed by atoms with E-state index < -0.39 is 5.97 Å². The van der Waals surface area contributed by atoms with Crippen molar-refractivity contribution in [3.8, 4) is 0 Å². The number of nitrogens with two attached hydrogens (primary N) is 1. The van der Waals surface area contributed by atoms with Crippen LogP contribution in [0, 0.1) is 5.92 Å². The van der Waals surface area contributed by atoms with Crippen LogP contribution < -0.4 is 5.73 Å². The maximum absolute atomic E-state index is 10.4. The minimum atomic E-state index is -0.749. The van der Waals surface area contributed by atoms with Gasteiger partial charge in [0.25, 0.3) is 0 Å². The molecule has 0 saturated carbocycles. The number of thioether (sulfide) groups is 1. The number of carboxylic acids is 1. The van der Waals surface area contributed by atoms with Gasteiger partial charge in [-0.3, -0.25) is 4.79 Å². The minimum Gasteiger partial charge on any atom is -0.481 e. The summed E-state index contributed by atoms with van der Waals surface area (Å²) in [6.07, 6.45) is 2.73. The molecule has 0 spiro atoms. The van der Waals surface area contributed by atoms with E-state index in [2.05, 4.69) is 16.9 Å². The maximum Gasteiger partial charge on any atom is 0.303 e. The summed E-state index contributed by atoms with van der Waals surface area (Å²) in [5.74, 6) is -0.443. The van der Waals surface area contributed by atoms with Crippen LogP contribution in [-0.2, 0) is 4.79 Å². The van der Waals surface area contributed by atoms with E-state index in [0.717, 1.165) is 12.8 Å². The second kappa shape index (κ2) is 6.74. The van der Waals surface area contributed by atoms with Crippen LogP contribution in [0.3, 0.4) is 0 Å². The molecule has 1 saturated heterocycles. The van der Waals surface area contributed by atoms with Crippen molar-refractivity contribution in [3.05, 3.63) is 10.4 Å². The Hall–Kier alpha value is -0.910. The van der Waals surface area contributed by atoms with Crippen LogP contribution in [-0.4, -0.2) is 27.7 Å². The molecule has 0 aliphatic carbocycles. The van der Waals surface area contributed by atoms with E-state index in [1.165, 1.54) is 0 Å². The van der Waals surface area contributed by atoms with Crippen LogP contribution in [0.4, 0.5) is 0 Å². The summed E-state index contributed by atoms with van der Waals surface area (Å²) in [5.41, 5.74) is 14.4. The predicted molar refractivity (Wildman–Crippen MR) is 67.6 cm³/mol. The molecule has 1 rings (SSSR count). The fourth-order valence-electron chi connectivity index (χ4n) is 2.01. The highest BCUT2D eigenvalue weighted by Crippen LogP contribution is 2.40. The Morgan fingerprint density at radius 3 is 2.88 bits per heavy atom. The number of carbonyl (C=O) groups is 1. The van der Waals surface area contributed by atoms with Crippen molar-refractivity contribution in [2.75, 3.05) is 0 Å². The Kier molecular flexibility index (Phi) is 5.61. The molecule has 4 unspecified atom stereocenters. The van der Waals surface area contributed by atoms with Crippen LogP contribution in [0.1, 0.15) is 32.6 Å². The monoisotopic (exact) mass is 258 g/mol. The number of aliphatic carboxylic acids is 1. The lowest BCUT2D eigenvalue weighted by molar-refractivity contribution is -0.137. The lowest BCUT2D eigenvalue weighted by Crippen LogP contribution is -2.33. The summed E-state index contributed by atoms with van der Waals surface area (Å²) in [6.45, 7) is 2.06. The largest absolute Gasteiger partial charge is 0.481 e. The van der Waals surface area contributed by atoms with Crippen LogP contribution >= 0.6 is 11.8 Å². The molecular weight excluding hydrogens is 240 g/mol. The molecule has 1 aliphatic rings. The molecule has 0 aromatic heterocycles. The van der Waals surface area contributed by atoms with Crippen LogP contribution in [0.2, 0.25) is 0 Å². The first-order valence-corrected chi connectivity index (χ1v) is 6.67. The summed E-state index contributed by atoms with van der Waals surface area (Å²) < 4.78 is 0. The number of hydrogen-bond acceptors (Lipinski definition) is 4. The zero-order valence-corrected chi connectivity index (χ0v) is 10.6.